The molecule has 1 saturated heterocycles. The highest BCUT2D eigenvalue weighted by Crippen LogP contribution is 2.43. The number of H-pyrrole nitrogens is 1. The van der Waals surface area contributed by atoms with Gasteiger partial charge in [0.2, 0.25) is 0 Å². The van der Waals surface area contributed by atoms with Crippen LogP contribution < -0.4 is 5.56 Å². The molecular formula is C23H28N4O. The Bertz CT molecular complexity index is 995. The van der Waals surface area contributed by atoms with Gasteiger partial charge in [0.1, 0.15) is 5.82 Å². The molecule has 1 spiro atoms. The molecule has 146 valence electrons. The van der Waals surface area contributed by atoms with E-state index in [-0.39, 0.29) is 16.4 Å². The van der Waals surface area contributed by atoms with Gasteiger partial charge in [-0.25, -0.2) is 4.98 Å². The Kier molecular flexibility index (Phi) is 4.63. The van der Waals surface area contributed by atoms with E-state index in [9.17, 15) is 10.1 Å². The van der Waals surface area contributed by atoms with Crippen molar-refractivity contribution < 1.29 is 0 Å². The van der Waals surface area contributed by atoms with Crippen molar-refractivity contribution in [3.8, 4) is 6.07 Å². The predicted octanol–water partition coefficient (Wildman–Crippen LogP) is 3.42. The second-order valence-corrected chi connectivity index (χ2v) is 9.36. The van der Waals surface area contributed by atoms with Gasteiger partial charge in [-0.05, 0) is 43.9 Å². The van der Waals surface area contributed by atoms with Crippen LogP contribution in [0.3, 0.4) is 0 Å². The van der Waals surface area contributed by atoms with E-state index < -0.39 is 0 Å². The van der Waals surface area contributed by atoms with Gasteiger partial charge in [0.25, 0.3) is 5.56 Å². The Balaban J connectivity index is 1.66. The molecule has 5 nitrogen and oxygen atoms in total. The number of likely N-dealkylation sites (tertiary alicyclic amines) is 1. The molecule has 4 rings (SSSR count). The third kappa shape index (κ3) is 3.27. The number of hydrogen-bond acceptors (Lipinski definition) is 4. The van der Waals surface area contributed by atoms with Crippen LogP contribution in [0.1, 0.15) is 68.2 Å². The zero-order valence-corrected chi connectivity index (χ0v) is 17.0. The van der Waals surface area contributed by atoms with Gasteiger partial charge in [-0.2, -0.15) is 5.26 Å². The fourth-order valence-corrected chi connectivity index (χ4v) is 4.77. The number of nitrogens with one attached hydrogen (secondary N) is 1. The molecule has 1 aliphatic heterocycles. The van der Waals surface area contributed by atoms with Gasteiger partial charge in [-0.3, -0.25) is 9.69 Å². The maximum atomic E-state index is 12.7. The van der Waals surface area contributed by atoms with Crippen LogP contribution in [0.15, 0.2) is 29.1 Å². The first-order valence-corrected chi connectivity index (χ1v) is 10.2. The van der Waals surface area contributed by atoms with E-state index in [0.717, 1.165) is 73.5 Å². The first-order chi connectivity index (χ1) is 13.3. The van der Waals surface area contributed by atoms with E-state index in [0.29, 0.717) is 0 Å². The second-order valence-electron chi connectivity index (χ2n) is 9.36. The lowest BCUT2D eigenvalue weighted by molar-refractivity contribution is 0.136. The lowest BCUT2D eigenvalue weighted by atomic mass is 9.77. The lowest BCUT2D eigenvalue weighted by Crippen LogP contribution is -2.45. The summed E-state index contributed by atoms with van der Waals surface area (Å²) in [7, 11) is 0. The molecule has 28 heavy (non-hydrogen) atoms. The fourth-order valence-electron chi connectivity index (χ4n) is 4.77. The second kappa shape index (κ2) is 6.86. The molecule has 5 heteroatoms. The molecule has 2 aliphatic rings. The number of benzene rings is 1. The first-order valence-electron chi connectivity index (χ1n) is 10.2. The Labute approximate surface area is 166 Å². The summed E-state index contributed by atoms with van der Waals surface area (Å²) in [5, 5.41) is 9.40. The molecule has 1 aromatic heterocycles. The van der Waals surface area contributed by atoms with Crippen molar-refractivity contribution in [3.05, 3.63) is 62.8 Å². The molecule has 1 atom stereocenters. The zero-order valence-electron chi connectivity index (χ0n) is 17.0. The number of piperidine rings is 1. The molecule has 1 N–H and O–H groups in total. The average Bonchev–Trinajstić information content (AvgIpc) is 3.00. The summed E-state index contributed by atoms with van der Waals surface area (Å²) in [5.74, 6) is 0.782. The zero-order chi connectivity index (χ0) is 19.9. The summed E-state index contributed by atoms with van der Waals surface area (Å²) >= 11 is 0. The highest BCUT2D eigenvalue weighted by atomic mass is 16.1. The minimum atomic E-state index is -0.182. The van der Waals surface area contributed by atoms with Crippen LogP contribution in [-0.2, 0) is 23.8 Å². The van der Waals surface area contributed by atoms with E-state index in [1.54, 1.807) is 0 Å². The summed E-state index contributed by atoms with van der Waals surface area (Å²) in [6, 6.07) is 10.2. The largest absolute Gasteiger partial charge is 0.310 e. The predicted molar refractivity (Wildman–Crippen MR) is 109 cm³/mol. The average molecular weight is 377 g/mol. The molecule has 0 radical (unpaired) electrons. The van der Waals surface area contributed by atoms with Crippen molar-refractivity contribution in [2.45, 2.75) is 63.8 Å². The SMILES string of the molecule is CC(C)(C)c1nc2c(c(=O)[nH]1)CCC21CCCN(Cc2ccccc2C#N)C1. The van der Waals surface area contributed by atoms with Crippen LogP contribution in [0.2, 0.25) is 0 Å². The van der Waals surface area contributed by atoms with Crippen molar-refractivity contribution in [1.82, 2.24) is 14.9 Å². The highest BCUT2D eigenvalue weighted by Gasteiger charge is 2.45. The first kappa shape index (κ1) is 18.9. The van der Waals surface area contributed by atoms with Crippen LogP contribution >= 0.6 is 0 Å². The molecule has 0 amide bonds. The van der Waals surface area contributed by atoms with Crippen molar-refractivity contribution in [1.29, 1.82) is 5.26 Å². The summed E-state index contributed by atoms with van der Waals surface area (Å²) < 4.78 is 0. The number of nitriles is 1. The third-order valence-electron chi connectivity index (χ3n) is 6.27. The Hall–Kier alpha value is -2.45. The van der Waals surface area contributed by atoms with Crippen molar-refractivity contribution >= 4 is 0 Å². The summed E-state index contributed by atoms with van der Waals surface area (Å²) in [5.41, 5.74) is 3.56. The maximum absolute atomic E-state index is 12.7. The Morgan fingerprint density at radius 2 is 2.07 bits per heavy atom. The third-order valence-corrected chi connectivity index (χ3v) is 6.27. The Morgan fingerprint density at radius 1 is 1.29 bits per heavy atom. The van der Waals surface area contributed by atoms with E-state index in [2.05, 4.69) is 36.7 Å². The quantitative estimate of drug-likeness (QED) is 0.872. The lowest BCUT2D eigenvalue weighted by Gasteiger charge is -2.41. The van der Waals surface area contributed by atoms with Gasteiger partial charge in [0.15, 0.2) is 0 Å². The number of rotatable bonds is 2. The maximum Gasteiger partial charge on any atom is 0.254 e. The monoisotopic (exact) mass is 376 g/mol. The van der Waals surface area contributed by atoms with Gasteiger partial charge in [0, 0.05) is 29.5 Å². The van der Waals surface area contributed by atoms with Crippen molar-refractivity contribution in [2.24, 2.45) is 0 Å². The van der Waals surface area contributed by atoms with Crippen LogP contribution in [0.4, 0.5) is 0 Å². The number of hydrogen-bond donors (Lipinski definition) is 1. The smallest absolute Gasteiger partial charge is 0.254 e. The minimum Gasteiger partial charge on any atom is -0.310 e. The summed E-state index contributed by atoms with van der Waals surface area (Å²) in [6.45, 7) is 8.96. The number of aromatic amines is 1. The van der Waals surface area contributed by atoms with Crippen molar-refractivity contribution in [3.63, 3.8) is 0 Å². The van der Waals surface area contributed by atoms with Gasteiger partial charge in [0.05, 0.1) is 17.3 Å². The van der Waals surface area contributed by atoms with Gasteiger partial charge in [-0.1, -0.05) is 39.0 Å². The standard InChI is InChI=1S/C23H28N4O/c1-22(2,3)21-25-19-18(20(28)26-21)9-11-23(19)10-6-12-27(15-23)14-17-8-5-4-7-16(17)13-24/h4-5,7-8H,6,9-12,14-15H2,1-3H3,(H,25,26,28). The topological polar surface area (TPSA) is 72.8 Å². The molecule has 1 fully saturated rings. The molecule has 1 aliphatic carbocycles. The molecule has 2 aromatic rings. The molecular weight excluding hydrogens is 348 g/mol. The molecule has 1 aromatic carbocycles. The molecule has 1 unspecified atom stereocenters. The number of aromatic nitrogens is 2. The molecule has 2 heterocycles. The summed E-state index contributed by atoms with van der Waals surface area (Å²) in [6.07, 6.45) is 3.97. The highest BCUT2D eigenvalue weighted by molar-refractivity contribution is 5.38. The van der Waals surface area contributed by atoms with E-state index >= 15 is 0 Å². The van der Waals surface area contributed by atoms with Crippen molar-refractivity contribution in [2.75, 3.05) is 13.1 Å². The van der Waals surface area contributed by atoms with Crippen LogP contribution in [0.25, 0.3) is 0 Å². The van der Waals surface area contributed by atoms with Gasteiger partial charge >= 0.3 is 0 Å². The van der Waals surface area contributed by atoms with E-state index in [1.807, 2.05) is 24.3 Å². The van der Waals surface area contributed by atoms with Crippen LogP contribution in [0, 0.1) is 11.3 Å². The number of fused-ring (bicyclic) bond motifs is 2. The van der Waals surface area contributed by atoms with E-state index in [4.69, 9.17) is 4.98 Å². The minimum absolute atomic E-state index is 0.0383. The normalized spacial score (nSPS) is 22.2. The Morgan fingerprint density at radius 3 is 2.82 bits per heavy atom. The van der Waals surface area contributed by atoms with Gasteiger partial charge < -0.3 is 4.98 Å². The molecule has 0 saturated carbocycles. The molecule has 0 bridgehead atoms. The van der Waals surface area contributed by atoms with E-state index in [1.165, 1.54) is 0 Å². The van der Waals surface area contributed by atoms with Crippen LogP contribution in [-0.4, -0.2) is 28.0 Å². The van der Waals surface area contributed by atoms with Crippen LogP contribution in [0.5, 0.6) is 0 Å². The number of nitrogens with zero attached hydrogens (tertiary/aromatic N) is 3. The summed E-state index contributed by atoms with van der Waals surface area (Å²) in [4.78, 5) is 23.2. The fraction of sp³-hybridized carbons (Fsp3) is 0.522. The van der Waals surface area contributed by atoms with Gasteiger partial charge in [-0.15, -0.1) is 0 Å².